The van der Waals surface area contributed by atoms with E-state index in [1.54, 1.807) is 0 Å². The molecule has 0 aliphatic heterocycles. The van der Waals surface area contributed by atoms with Gasteiger partial charge in [0.1, 0.15) is 0 Å². The highest BCUT2D eigenvalue weighted by atomic mass is 16.3. The van der Waals surface area contributed by atoms with Crippen LogP contribution in [0.25, 0.3) is 0 Å². The quantitative estimate of drug-likeness (QED) is 0.640. The standard InChI is InChI=1S/C14H30O/c1-6-11(2)7-8-12(3)13(4)9-10-14(5)15/h11-15H,6-10H2,1-5H3. The first kappa shape index (κ1) is 15.0. The van der Waals surface area contributed by atoms with Gasteiger partial charge in [0.15, 0.2) is 0 Å². The van der Waals surface area contributed by atoms with Gasteiger partial charge in [-0.1, -0.05) is 47.0 Å². The summed E-state index contributed by atoms with van der Waals surface area (Å²) in [5, 5.41) is 9.24. The van der Waals surface area contributed by atoms with Crippen molar-refractivity contribution in [3.8, 4) is 0 Å². The Bertz CT molecular complexity index is 142. The summed E-state index contributed by atoms with van der Waals surface area (Å²) in [6.45, 7) is 11.2. The Hall–Kier alpha value is -0.0400. The van der Waals surface area contributed by atoms with Crippen LogP contribution in [-0.2, 0) is 0 Å². The lowest BCUT2D eigenvalue weighted by Gasteiger charge is -2.21. The van der Waals surface area contributed by atoms with Crippen LogP contribution in [0.3, 0.4) is 0 Å². The van der Waals surface area contributed by atoms with Crippen LogP contribution in [-0.4, -0.2) is 11.2 Å². The minimum atomic E-state index is -0.130. The molecule has 0 aromatic heterocycles. The molecule has 1 nitrogen and oxygen atoms in total. The van der Waals surface area contributed by atoms with E-state index in [0.29, 0.717) is 0 Å². The average molecular weight is 214 g/mol. The van der Waals surface area contributed by atoms with Gasteiger partial charge in [-0.15, -0.1) is 0 Å². The van der Waals surface area contributed by atoms with Crippen LogP contribution in [0.5, 0.6) is 0 Å². The Kier molecular flexibility index (Phi) is 8.13. The molecule has 4 atom stereocenters. The lowest BCUT2D eigenvalue weighted by Crippen LogP contribution is -2.12. The average Bonchev–Trinajstić information content (AvgIpc) is 2.21. The highest BCUT2D eigenvalue weighted by Gasteiger charge is 2.13. The molecule has 0 saturated carbocycles. The molecule has 0 fully saturated rings. The Balaban J connectivity index is 3.64. The third-order valence-corrected chi connectivity index (χ3v) is 3.82. The predicted octanol–water partition coefficient (Wildman–Crippen LogP) is 4.25. The summed E-state index contributed by atoms with van der Waals surface area (Å²) in [4.78, 5) is 0. The van der Waals surface area contributed by atoms with Crippen LogP contribution in [0.4, 0.5) is 0 Å². The van der Waals surface area contributed by atoms with Crippen molar-refractivity contribution in [2.75, 3.05) is 0 Å². The zero-order valence-electron chi connectivity index (χ0n) is 11.3. The molecular formula is C14H30O. The number of rotatable bonds is 8. The summed E-state index contributed by atoms with van der Waals surface area (Å²) in [6.07, 6.45) is 5.99. The van der Waals surface area contributed by atoms with E-state index in [4.69, 9.17) is 0 Å². The second-order valence-corrected chi connectivity index (χ2v) is 5.47. The maximum Gasteiger partial charge on any atom is 0.0512 e. The third kappa shape index (κ3) is 7.84. The summed E-state index contributed by atoms with van der Waals surface area (Å²) in [5.74, 6) is 2.43. The molecule has 0 spiro atoms. The van der Waals surface area contributed by atoms with E-state index in [1.807, 2.05) is 6.92 Å². The molecule has 0 amide bonds. The smallest absolute Gasteiger partial charge is 0.0512 e. The normalized spacial score (nSPS) is 19.6. The Morgan fingerprint density at radius 1 is 0.800 bits per heavy atom. The molecule has 1 heteroatoms. The highest BCUT2D eigenvalue weighted by Crippen LogP contribution is 2.24. The molecule has 4 unspecified atom stereocenters. The minimum Gasteiger partial charge on any atom is -0.393 e. The summed E-state index contributed by atoms with van der Waals surface area (Å²) < 4.78 is 0. The van der Waals surface area contributed by atoms with Crippen LogP contribution in [0.15, 0.2) is 0 Å². The highest BCUT2D eigenvalue weighted by molar-refractivity contribution is 4.65. The molecule has 0 radical (unpaired) electrons. The van der Waals surface area contributed by atoms with Crippen LogP contribution in [0.2, 0.25) is 0 Å². The van der Waals surface area contributed by atoms with Crippen LogP contribution < -0.4 is 0 Å². The fourth-order valence-electron chi connectivity index (χ4n) is 1.82. The van der Waals surface area contributed by atoms with Crippen LogP contribution in [0, 0.1) is 17.8 Å². The fraction of sp³-hybridized carbons (Fsp3) is 1.00. The zero-order valence-corrected chi connectivity index (χ0v) is 11.3. The van der Waals surface area contributed by atoms with Crippen molar-refractivity contribution in [3.63, 3.8) is 0 Å². The molecule has 0 aromatic rings. The van der Waals surface area contributed by atoms with Crippen molar-refractivity contribution in [3.05, 3.63) is 0 Å². The van der Waals surface area contributed by atoms with Crippen molar-refractivity contribution in [1.29, 1.82) is 0 Å². The predicted molar refractivity (Wildman–Crippen MR) is 67.9 cm³/mol. The number of aliphatic hydroxyl groups excluding tert-OH is 1. The third-order valence-electron chi connectivity index (χ3n) is 3.82. The van der Waals surface area contributed by atoms with Crippen molar-refractivity contribution >= 4 is 0 Å². The second kappa shape index (κ2) is 8.15. The number of aliphatic hydroxyl groups is 1. The molecule has 0 rings (SSSR count). The molecule has 15 heavy (non-hydrogen) atoms. The SMILES string of the molecule is CCC(C)CCC(C)C(C)CCC(C)O. The van der Waals surface area contributed by atoms with Gasteiger partial charge in [0.25, 0.3) is 0 Å². The van der Waals surface area contributed by atoms with Gasteiger partial charge in [0, 0.05) is 0 Å². The Labute approximate surface area is 96.3 Å². The van der Waals surface area contributed by atoms with E-state index in [1.165, 1.54) is 25.7 Å². The van der Waals surface area contributed by atoms with E-state index >= 15 is 0 Å². The molecule has 1 N–H and O–H groups in total. The summed E-state index contributed by atoms with van der Waals surface area (Å²) in [5.41, 5.74) is 0. The van der Waals surface area contributed by atoms with E-state index in [9.17, 15) is 5.11 Å². The van der Waals surface area contributed by atoms with Gasteiger partial charge < -0.3 is 5.11 Å². The van der Waals surface area contributed by atoms with Crippen molar-refractivity contribution in [2.24, 2.45) is 17.8 Å². The lowest BCUT2D eigenvalue weighted by atomic mass is 9.85. The van der Waals surface area contributed by atoms with Crippen molar-refractivity contribution in [1.82, 2.24) is 0 Å². The van der Waals surface area contributed by atoms with Gasteiger partial charge in [0.05, 0.1) is 6.10 Å². The second-order valence-electron chi connectivity index (χ2n) is 5.47. The summed E-state index contributed by atoms with van der Waals surface area (Å²) in [7, 11) is 0. The van der Waals surface area contributed by atoms with E-state index in [-0.39, 0.29) is 6.10 Å². The lowest BCUT2D eigenvalue weighted by molar-refractivity contribution is 0.166. The summed E-state index contributed by atoms with van der Waals surface area (Å²) >= 11 is 0. The molecule has 92 valence electrons. The number of hydrogen-bond acceptors (Lipinski definition) is 1. The van der Waals surface area contributed by atoms with Crippen molar-refractivity contribution < 1.29 is 5.11 Å². The Morgan fingerprint density at radius 3 is 1.67 bits per heavy atom. The van der Waals surface area contributed by atoms with Crippen molar-refractivity contribution in [2.45, 2.75) is 72.8 Å². The first-order chi connectivity index (χ1) is 6.97. The Morgan fingerprint density at radius 2 is 1.27 bits per heavy atom. The zero-order chi connectivity index (χ0) is 11.8. The fourth-order valence-corrected chi connectivity index (χ4v) is 1.82. The van der Waals surface area contributed by atoms with Gasteiger partial charge in [0.2, 0.25) is 0 Å². The summed E-state index contributed by atoms with van der Waals surface area (Å²) in [6, 6.07) is 0. The molecule has 0 bridgehead atoms. The first-order valence-corrected chi connectivity index (χ1v) is 6.65. The van der Waals surface area contributed by atoms with Gasteiger partial charge in [-0.3, -0.25) is 0 Å². The van der Waals surface area contributed by atoms with Gasteiger partial charge in [-0.05, 0) is 37.5 Å². The monoisotopic (exact) mass is 214 g/mol. The van der Waals surface area contributed by atoms with Gasteiger partial charge >= 0.3 is 0 Å². The van der Waals surface area contributed by atoms with Crippen LogP contribution in [0.1, 0.15) is 66.7 Å². The number of hydrogen-bond donors (Lipinski definition) is 1. The molecule has 0 aliphatic rings. The molecular weight excluding hydrogens is 184 g/mol. The first-order valence-electron chi connectivity index (χ1n) is 6.65. The molecule has 0 heterocycles. The largest absolute Gasteiger partial charge is 0.393 e. The van der Waals surface area contributed by atoms with E-state index < -0.39 is 0 Å². The van der Waals surface area contributed by atoms with Gasteiger partial charge in [-0.2, -0.15) is 0 Å². The molecule has 0 aliphatic carbocycles. The minimum absolute atomic E-state index is 0.130. The maximum absolute atomic E-state index is 9.24. The van der Waals surface area contributed by atoms with Crippen LogP contribution >= 0.6 is 0 Å². The van der Waals surface area contributed by atoms with Gasteiger partial charge in [-0.25, -0.2) is 0 Å². The van der Waals surface area contributed by atoms with E-state index in [0.717, 1.165) is 24.2 Å². The van der Waals surface area contributed by atoms with E-state index in [2.05, 4.69) is 27.7 Å². The molecule has 0 saturated heterocycles. The topological polar surface area (TPSA) is 20.2 Å². The molecule has 0 aromatic carbocycles. The maximum atomic E-state index is 9.24.